The highest BCUT2D eigenvalue weighted by Gasteiger charge is 2.27. The number of anilines is 1. The summed E-state index contributed by atoms with van der Waals surface area (Å²) < 4.78 is 35.6. The van der Waals surface area contributed by atoms with Crippen LogP contribution in [0.4, 0.5) is 24.7 Å². The fourth-order valence-corrected chi connectivity index (χ4v) is 1.64. The van der Waals surface area contributed by atoms with E-state index in [0.717, 1.165) is 12.3 Å². The Hall–Kier alpha value is -2.04. The summed E-state index contributed by atoms with van der Waals surface area (Å²) in [6, 6.07) is 0.902. The first-order valence-corrected chi connectivity index (χ1v) is 6.01. The Labute approximate surface area is 114 Å². The lowest BCUT2D eigenvalue weighted by molar-refractivity contribution is -0.385. The van der Waals surface area contributed by atoms with Crippen molar-refractivity contribution in [1.82, 2.24) is 4.98 Å². The van der Waals surface area contributed by atoms with E-state index in [0.29, 0.717) is 0 Å². The van der Waals surface area contributed by atoms with Crippen LogP contribution in [-0.4, -0.2) is 38.8 Å². The van der Waals surface area contributed by atoms with Crippen molar-refractivity contribution in [1.29, 1.82) is 0 Å². The third-order valence-electron chi connectivity index (χ3n) is 1.98. The molecule has 1 heterocycles. The molecule has 0 amide bonds. The van der Waals surface area contributed by atoms with Gasteiger partial charge in [-0.3, -0.25) is 10.1 Å². The SMILES string of the molecule is O=C(O)c1cc(NCCSC(F)(F)F)ncc1[N+](=O)[O-]. The smallest absolute Gasteiger partial charge is 0.441 e. The highest BCUT2D eigenvalue weighted by Crippen LogP contribution is 2.29. The predicted octanol–water partition coefficient (Wildman–Crippen LogP) is 2.35. The van der Waals surface area contributed by atoms with Gasteiger partial charge in [0.15, 0.2) is 0 Å². The minimum atomic E-state index is -4.35. The van der Waals surface area contributed by atoms with Crippen molar-refractivity contribution < 1.29 is 28.0 Å². The maximum Gasteiger partial charge on any atom is 0.441 e. The predicted molar refractivity (Wildman–Crippen MR) is 64.9 cm³/mol. The first kappa shape index (κ1) is 16.0. The molecule has 0 radical (unpaired) electrons. The van der Waals surface area contributed by atoms with E-state index in [1.54, 1.807) is 0 Å². The van der Waals surface area contributed by atoms with Crippen LogP contribution in [0.25, 0.3) is 0 Å². The number of carboxylic acid groups (broad SMARTS) is 1. The van der Waals surface area contributed by atoms with Crippen molar-refractivity contribution in [3.8, 4) is 0 Å². The summed E-state index contributed by atoms with van der Waals surface area (Å²) in [6.07, 6.45) is 0.739. The Morgan fingerprint density at radius 1 is 1.55 bits per heavy atom. The molecule has 0 unspecified atom stereocenters. The molecule has 0 saturated heterocycles. The molecule has 2 N–H and O–H groups in total. The van der Waals surface area contributed by atoms with Crippen molar-refractivity contribution in [2.24, 2.45) is 0 Å². The van der Waals surface area contributed by atoms with E-state index in [1.165, 1.54) is 0 Å². The Bertz CT molecular complexity index is 524. The van der Waals surface area contributed by atoms with Gasteiger partial charge >= 0.3 is 17.2 Å². The molecule has 0 aromatic carbocycles. The van der Waals surface area contributed by atoms with Crippen LogP contribution in [0.2, 0.25) is 0 Å². The number of rotatable bonds is 6. The van der Waals surface area contributed by atoms with Gasteiger partial charge in [-0.15, -0.1) is 0 Å². The number of carbonyl (C=O) groups is 1. The number of pyridine rings is 1. The maximum absolute atomic E-state index is 11.9. The number of aromatic nitrogens is 1. The van der Waals surface area contributed by atoms with Crippen molar-refractivity contribution in [2.45, 2.75) is 5.51 Å². The maximum atomic E-state index is 11.9. The molecule has 1 aromatic heterocycles. The number of alkyl halides is 3. The van der Waals surface area contributed by atoms with Crippen LogP contribution in [0.15, 0.2) is 12.3 Å². The number of hydrogen-bond acceptors (Lipinski definition) is 6. The third-order valence-corrected chi connectivity index (χ3v) is 2.72. The number of nitro groups is 1. The molecule has 0 aliphatic heterocycles. The Balaban J connectivity index is 2.71. The fraction of sp³-hybridized carbons (Fsp3) is 0.333. The molecule has 0 aliphatic carbocycles. The van der Waals surface area contributed by atoms with Crippen molar-refractivity contribution in [3.63, 3.8) is 0 Å². The van der Waals surface area contributed by atoms with Gasteiger partial charge in [0.25, 0.3) is 0 Å². The van der Waals surface area contributed by atoms with Gasteiger partial charge < -0.3 is 10.4 Å². The highest BCUT2D eigenvalue weighted by atomic mass is 32.2. The first-order valence-electron chi connectivity index (χ1n) is 5.03. The zero-order valence-electron chi connectivity index (χ0n) is 9.68. The van der Waals surface area contributed by atoms with E-state index in [1.807, 2.05) is 0 Å². The van der Waals surface area contributed by atoms with Gasteiger partial charge in [0, 0.05) is 18.4 Å². The molecule has 0 atom stereocenters. The molecule has 7 nitrogen and oxygen atoms in total. The van der Waals surface area contributed by atoms with Gasteiger partial charge in [0.2, 0.25) is 0 Å². The summed E-state index contributed by atoms with van der Waals surface area (Å²) >= 11 is -0.243. The average molecular weight is 311 g/mol. The van der Waals surface area contributed by atoms with Crippen molar-refractivity contribution >= 4 is 29.2 Å². The van der Waals surface area contributed by atoms with Crippen LogP contribution >= 0.6 is 11.8 Å². The van der Waals surface area contributed by atoms with Gasteiger partial charge in [-0.1, -0.05) is 0 Å². The zero-order chi connectivity index (χ0) is 15.3. The summed E-state index contributed by atoms with van der Waals surface area (Å²) in [7, 11) is 0. The lowest BCUT2D eigenvalue weighted by Gasteiger charge is -2.08. The fourth-order valence-electron chi connectivity index (χ4n) is 1.21. The number of carboxylic acids is 1. The molecule has 1 aromatic rings. The van der Waals surface area contributed by atoms with Crippen LogP contribution in [0.1, 0.15) is 10.4 Å². The molecule has 0 saturated carbocycles. The Kier molecular flexibility index (Phi) is 5.13. The quantitative estimate of drug-likeness (QED) is 0.472. The molecular weight excluding hydrogens is 303 g/mol. The molecule has 1 rings (SSSR count). The second-order valence-electron chi connectivity index (χ2n) is 3.37. The normalized spacial score (nSPS) is 11.2. The van der Waals surface area contributed by atoms with Gasteiger partial charge in [-0.2, -0.15) is 13.2 Å². The first-order chi connectivity index (χ1) is 9.20. The van der Waals surface area contributed by atoms with Gasteiger partial charge in [-0.05, 0) is 11.8 Å². The van der Waals surface area contributed by atoms with Gasteiger partial charge in [0.05, 0.1) is 4.92 Å². The average Bonchev–Trinajstić information content (AvgIpc) is 2.33. The second kappa shape index (κ2) is 6.41. The topological polar surface area (TPSA) is 105 Å². The van der Waals surface area contributed by atoms with Gasteiger partial charge in [0.1, 0.15) is 17.6 Å². The number of thioether (sulfide) groups is 1. The molecule has 0 aliphatic rings. The summed E-state index contributed by atoms with van der Waals surface area (Å²) in [6.45, 7) is -0.117. The zero-order valence-corrected chi connectivity index (χ0v) is 10.5. The number of nitrogens with one attached hydrogen (secondary N) is 1. The van der Waals surface area contributed by atoms with Gasteiger partial charge in [-0.25, -0.2) is 9.78 Å². The van der Waals surface area contributed by atoms with Crippen LogP contribution in [0.5, 0.6) is 0 Å². The number of halogens is 3. The van der Waals surface area contributed by atoms with E-state index in [9.17, 15) is 28.1 Å². The summed E-state index contributed by atoms with van der Waals surface area (Å²) in [5, 5.41) is 21.8. The number of hydrogen-bond donors (Lipinski definition) is 2. The lowest BCUT2D eigenvalue weighted by atomic mass is 10.2. The molecule has 11 heteroatoms. The minimum absolute atomic E-state index is 0.0456. The highest BCUT2D eigenvalue weighted by molar-refractivity contribution is 8.00. The Morgan fingerprint density at radius 2 is 2.20 bits per heavy atom. The molecule has 0 spiro atoms. The van der Waals surface area contributed by atoms with E-state index in [2.05, 4.69) is 10.3 Å². The molecule has 110 valence electrons. The summed E-state index contributed by atoms with van der Waals surface area (Å²) in [5.41, 5.74) is -5.62. The standard InChI is InChI=1S/C9H8F3N3O4S/c10-9(11,12)20-2-1-13-7-3-5(8(16)17)6(4-14-7)15(18)19/h3-4H,1-2H2,(H,13,14)(H,16,17). The van der Waals surface area contributed by atoms with Crippen LogP contribution < -0.4 is 5.32 Å². The monoisotopic (exact) mass is 311 g/mol. The molecule has 0 fully saturated rings. The molecular formula is C9H8F3N3O4S. The number of nitrogens with zero attached hydrogens (tertiary/aromatic N) is 2. The molecule has 20 heavy (non-hydrogen) atoms. The van der Waals surface area contributed by atoms with Crippen molar-refractivity contribution in [2.75, 3.05) is 17.6 Å². The van der Waals surface area contributed by atoms with Crippen LogP contribution in [-0.2, 0) is 0 Å². The third kappa shape index (κ3) is 4.91. The van der Waals surface area contributed by atoms with Crippen molar-refractivity contribution in [3.05, 3.63) is 27.9 Å². The van der Waals surface area contributed by atoms with E-state index >= 15 is 0 Å². The largest absolute Gasteiger partial charge is 0.477 e. The summed E-state index contributed by atoms with van der Waals surface area (Å²) in [4.78, 5) is 24.1. The second-order valence-corrected chi connectivity index (χ2v) is 4.53. The number of aromatic carboxylic acids is 1. The van der Waals surface area contributed by atoms with E-state index < -0.39 is 27.7 Å². The Morgan fingerprint density at radius 3 is 2.70 bits per heavy atom. The van der Waals surface area contributed by atoms with Crippen LogP contribution in [0, 0.1) is 10.1 Å². The summed E-state index contributed by atoms with van der Waals surface area (Å²) in [5.74, 6) is -1.87. The lowest BCUT2D eigenvalue weighted by Crippen LogP contribution is -2.11. The van der Waals surface area contributed by atoms with E-state index in [4.69, 9.17) is 5.11 Å². The minimum Gasteiger partial charge on any atom is -0.477 e. The van der Waals surface area contributed by atoms with E-state index in [-0.39, 0.29) is 29.9 Å². The van der Waals surface area contributed by atoms with Crippen LogP contribution in [0.3, 0.4) is 0 Å². The molecule has 0 bridgehead atoms.